The second-order valence-corrected chi connectivity index (χ2v) is 4.74. The van der Waals surface area contributed by atoms with Crippen LogP contribution in [0.2, 0.25) is 15.1 Å². The molecule has 0 radical (unpaired) electrons. The molecule has 0 amide bonds. The van der Waals surface area contributed by atoms with E-state index in [1.807, 2.05) is 0 Å². The molecule has 0 bridgehead atoms. The average Bonchev–Trinajstić information content (AvgIpc) is 2.06. The van der Waals surface area contributed by atoms with Gasteiger partial charge in [-0.1, -0.05) is 34.8 Å². The highest BCUT2D eigenvalue weighted by Crippen LogP contribution is 2.34. The lowest BCUT2D eigenvalue weighted by Crippen LogP contribution is -2.27. The molecule has 14 heavy (non-hydrogen) atoms. The van der Waals surface area contributed by atoms with E-state index in [9.17, 15) is 0 Å². The number of hydrogen-bond donors (Lipinski definition) is 1. The molecule has 0 saturated heterocycles. The summed E-state index contributed by atoms with van der Waals surface area (Å²) in [7, 11) is 0. The van der Waals surface area contributed by atoms with E-state index < -0.39 is 0 Å². The van der Waals surface area contributed by atoms with E-state index in [4.69, 9.17) is 34.8 Å². The van der Waals surface area contributed by atoms with Gasteiger partial charge in [0.15, 0.2) is 0 Å². The van der Waals surface area contributed by atoms with Crippen LogP contribution >= 0.6 is 34.8 Å². The summed E-state index contributed by atoms with van der Waals surface area (Å²) in [5.74, 6) is 0. The first-order chi connectivity index (χ1) is 6.66. The van der Waals surface area contributed by atoms with Crippen molar-refractivity contribution in [3.05, 3.63) is 27.2 Å². The van der Waals surface area contributed by atoms with Crippen LogP contribution in [0.1, 0.15) is 19.3 Å². The van der Waals surface area contributed by atoms with E-state index in [2.05, 4.69) is 5.32 Å². The van der Waals surface area contributed by atoms with Crippen molar-refractivity contribution in [2.45, 2.75) is 25.3 Å². The molecule has 0 atom stereocenters. The third kappa shape index (κ3) is 2.10. The Bertz CT molecular complexity index is 347. The molecule has 1 aromatic carbocycles. The van der Waals surface area contributed by atoms with E-state index in [1.165, 1.54) is 19.3 Å². The van der Waals surface area contributed by atoms with Crippen LogP contribution in [0.5, 0.6) is 0 Å². The molecule has 1 N–H and O–H groups in total. The zero-order valence-electron chi connectivity index (χ0n) is 7.49. The second kappa shape index (κ2) is 4.18. The predicted octanol–water partition coefficient (Wildman–Crippen LogP) is 4.61. The molecule has 0 unspecified atom stereocenters. The van der Waals surface area contributed by atoms with Crippen molar-refractivity contribution in [3.63, 3.8) is 0 Å². The molecule has 1 aliphatic rings. The third-order valence-electron chi connectivity index (χ3n) is 2.47. The zero-order valence-corrected chi connectivity index (χ0v) is 9.76. The van der Waals surface area contributed by atoms with Crippen LogP contribution in [0.3, 0.4) is 0 Å². The van der Waals surface area contributed by atoms with Gasteiger partial charge in [-0.3, -0.25) is 0 Å². The number of benzene rings is 1. The molecule has 1 aliphatic carbocycles. The molecular weight excluding hydrogens is 240 g/mol. The second-order valence-electron chi connectivity index (χ2n) is 3.52. The van der Waals surface area contributed by atoms with Gasteiger partial charge in [-0.25, -0.2) is 0 Å². The van der Waals surface area contributed by atoms with Crippen LogP contribution in [0.25, 0.3) is 0 Å². The Morgan fingerprint density at radius 2 is 1.64 bits per heavy atom. The lowest BCUT2D eigenvalue weighted by atomic mass is 9.93. The lowest BCUT2D eigenvalue weighted by Gasteiger charge is -2.28. The molecule has 1 fully saturated rings. The molecule has 76 valence electrons. The van der Waals surface area contributed by atoms with Crippen molar-refractivity contribution in [2.24, 2.45) is 0 Å². The minimum absolute atomic E-state index is 0.496. The number of halogens is 3. The summed E-state index contributed by atoms with van der Waals surface area (Å²) in [5, 5.41) is 5.01. The fourth-order valence-corrected chi connectivity index (χ4v) is 2.01. The Kier molecular flexibility index (Phi) is 3.10. The Labute approximate surface area is 98.3 Å². The van der Waals surface area contributed by atoms with Gasteiger partial charge in [-0.15, -0.1) is 0 Å². The summed E-state index contributed by atoms with van der Waals surface area (Å²) < 4.78 is 0. The van der Waals surface area contributed by atoms with Gasteiger partial charge in [0.2, 0.25) is 0 Å². The normalized spacial score (nSPS) is 16.5. The van der Waals surface area contributed by atoms with Crippen molar-refractivity contribution < 1.29 is 0 Å². The van der Waals surface area contributed by atoms with Crippen LogP contribution in [0, 0.1) is 0 Å². The summed E-state index contributed by atoms with van der Waals surface area (Å²) >= 11 is 17.7. The van der Waals surface area contributed by atoms with E-state index in [1.54, 1.807) is 12.1 Å². The molecule has 1 saturated carbocycles. The number of hydrogen-bond acceptors (Lipinski definition) is 1. The third-order valence-corrected chi connectivity index (χ3v) is 3.51. The van der Waals surface area contributed by atoms with Crippen molar-refractivity contribution in [1.29, 1.82) is 0 Å². The standard InChI is InChI=1S/C10H10Cl3N/c11-7-4-9(13)10(5-8(7)12)14-6-2-1-3-6/h4-6,14H,1-3H2. The first-order valence-electron chi connectivity index (χ1n) is 4.58. The summed E-state index contributed by atoms with van der Waals surface area (Å²) in [4.78, 5) is 0. The maximum atomic E-state index is 6.02. The highest BCUT2D eigenvalue weighted by molar-refractivity contribution is 6.44. The molecular formula is C10H10Cl3N. The molecule has 0 spiro atoms. The van der Waals surface area contributed by atoms with Crippen molar-refractivity contribution in [3.8, 4) is 0 Å². The van der Waals surface area contributed by atoms with E-state index in [0.29, 0.717) is 21.1 Å². The van der Waals surface area contributed by atoms with Gasteiger partial charge in [-0.2, -0.15) is 0 Å². The Hall–Kier alpha value is -0.110. The fraction of sp³-hybridized carbons (Fsp3) is 0.400. The number of anilines is 1. The van der Waals surface area contributed by atoms with Crippen molar-refractivity contribution in [1.82, 2.24) is 0 Å². The van der Waals surface area contributed by atoms with Gasteiger partial charge in [0.25, 0.3) is 0 Å². The van der Waals surface area contributed by atoms with Crippen LogP contribution in [0.15, 0.2) is 12.1 Å². The fourth-order valence-electron chi connectivity index (χ4n) is 1.41. The Morgan fingerprint density at radius 1 is 1.00 bits per heavy atom. The molecule has 0 aromatic heterocycles. The van der Waals surface area contributed by atoms with Crippen molar-refractivity contribution >= 4 is 40.5 Å². The van der Waals surface area contributed by atoms with Crippen LogP contribution < -0.4 is 5.32 Å². The maximum absolute atomic E-state index is 6.02. The molecule has 0 aliphatic heterocycles. The Morgan fingerprint density at radius 3 is 2.21 bits per heavy atom. The summed E-state index contributed by atoms with van der Waals surface area (Å²) in [6, 6.07) is 4.00. The largest absolute Gasteiger partial charge is 0.381 e. The maximum Gasteiger partial charge on any atom is 0.0653 e. The monoisotopic (exact) mass is 249 g/mol. The van der Waals surface area contributed by atoms with Crippen LogP contribution in [-0.4, -0.2) is 6.04 Å². The van der Waals surface area contributed by atoms with E-state index in [-0.39, 0.29) is 0 Å². The first kappa shape index (κ1) is 10.4. The Balaban J connectivity index is 2.19. The smallest absolute Gasteiger partial charge is 0.0653 e. The lowest BCUT2D eigenvalue weighted by molar-refractivity contribution is 0.445. The minimum Gasteiger partial charge on any atom is -0.381 e. The van der Waals surface area contributed by atoms with E-state index in [0.717, 1.165) is 5.69 Å². The molecule has 2 rings (SSSR count). The highest BCUT2D eigenvalue weighted by Gasteiger charge is 2.18. The summed E-state index contributed by atoms with van der Waals surface area (Å²) in [5.41, 5.74) is 0.880. The predicted molar refractivity (Wildman–Crippen MR) is 62.7 cm³/mol. The molecule has 4 heteroatoms. The number of rotatable bonds is 2. The average molecular weight is 251 g/mol. The van der Waals surface area contributed by atoms with Crippen molar-refractivity contribution in [2.75, 3.05) is 5.32 Å². The van der Waals surface area contributed by atoms with Gasteiger partial charge in [-0.05, 0) is 31.4 Å². The highest BCUT2D eigenvalue weighted by atomic mass is 35.5. The van der Waals surface area contributed by atoms with Gasteiger partial charge >= 0.3 is 0 Å². The topological polar surface area (TPSA) is 12.0 Å². The minimum atomic E-state index is 0.496. The first-order valence-corrected chi connectivity index (χ1v) is 5.71. The van der Waals surface area contributed by atoms with Gasteiger partial charge in [0.05, 0.1) is 20.8 Å². The van der Waals surface area contributed by atoms with Gasteiger partial charge < -0.3 is 5.32 Å². The quantitative estimate of drug-likeness (QED) is 0.756. The van der Waals surface area contributed by atoms with Crippen LogP contribution in [-0.2, 0) is 0 Å². The van der Waals surface area contributed by atoms with Crippen LogP contribution in [0.4, 0.5) is 5.69 Å². The zero-order chi connectivity index (χ0) is 10.1. The summed E-state index contributed by atoms with van der Waals surface area (Å²) in [6.45, 7) is 0. The number of nitrogens with one attached hydrogen (secondary N) is 1. The van der Waals surface area contributed by atoms with Gasteiger partial charge in [0, 0.05) is 6.04 Å². The van der Waals surface area contributed by atoms with Gasteiger partial charge in [0.1, 0.15) is 0 Å². The summed E-state index contributed by atoms with van der Waals surface area (Å²) in [6.07, 6.45) is 3.70. The molecule has 1 aromatic rings. The molecule has 0 heterocycles. The van der Waals surface area contributed by atoms with E-state index >= 15 is 0 Å². The SMILES string of the molecule is Clc1cc(Cl)c(NC2CCC2)cc1Cl. The molecule has 1 nitrogen and oxygen atoms in total.